The SMILES string of the molecule is CN(CCO)c1ccc(/C=C/C2=C(C#N)C(=C(C#N)C#N)OC2(c2ccccc2)C(F)(F)F)cc1. The van der Waals surface area contributed by atoms with Gasteiger partial charge in [0.15, 0.2) is 11.3 Å². The van der Waals surface area contributed by atoms with Crippen LogP contribution in [0.3, 0.4) is 0 Å². The van der Waals surface area contributed by atoms with Crippen molar-refractivity contribution in [3.63, 3.8) is 0 Å². The Labute approximate surface area is 200 Å². The number of halogens is 3. The van der Waals surface area contributed by atoms with Gasteiger partial charge in [-0.3, -0.25) is 0 Å². The first kappa shape index (κ1) is 25.1. The molecule has 176 valence electrons. The van der Waals surface area contributed by atoms with Crippen molar-refractivity contribution >= 4 is 11.8 Å². The fraction of sp³-hybridized carbons (Fsp3) is 0.192. The van der Waals surface area contributed by atoms with Crippen LogP contribution in [0.5, 0.6) is 0 Å². The van der Waals surface area contributed by atoms with Gasteiger partial charge in [0.05, 0.1) is 6.61 Å². The zero-order chi connectivity index (χ0) is 25.6. The number of nitrogens with zero attached hydrogens (tertiary/aromatic N) is 4. The number of anilines is 1. The number of hydrogen-bond donors (Lipinski definition) is 1. The van der Waals surface area contributed by atoms with E-state index in [1.807, 2.05) is 0 Å². The molecule has 0 saturated carbocycles. The van der Waals surface area contributed by atoms with Gasteiger partial charge >= 0.3 is 6.18 Å². The van der Waals surface area contributed by atoms with Crippen LogP contribution in [0.2, 0.25) is 0 Å². The van der Waals surface area contributed by atoms with Gasteiger partial charge in [0.25, 0.3) is 5.60 Å². The fourth-order valence-corrected chi connectivity index (χ4v) is 3.73. The quantitative estimate of drug-likeness (QED) is 0.604. The number of hydrogen-bond acceptors (Lipinski definition) is 6. The lowest BCUT2D eigenvalue weighted by molar-refractivity contribution is -0.249. The van der Waals surface area contributed by atoms with Crippen LogP contribution in [0.1, 0.15) is 11.1 Å². The smallest absolute Gasteiger partial charge is 0.437 e. The molecular formula is C26H19F3N4O2. The molecule has 0 fully saturated rings. The summed E-state index contributed by atoms with van der Waals surface area (Å²) in [7, 11) is 1.79. The molecule has 0 amide bonds. The molecule has 6 nitrogen and oxygen atoms in total. The molecule has 2 aromatic carbocycles. The van der Waals surface area contributed by atoms with Crippen molar-refractivity contribution in [2.45, 2.75) is 11.8 Å². The molecule has 1 aliphatic rings. The number of alkyl halides is 3. The number of nitriles is 3. The first-order valence-electron chi connectivity index (χ1n) is 10.3. The maximum absolute atomic E-state index is 14.7. The third-order valence-corrected chi connectivity index (χ3v) is 5.48. The van der Waals surface area contributed by atoms with Crippen molar-refractivity contribution in [2.75, 3.05) is 25.1 Å². The summed E-state index contributed by atoms with van der Waals surface area (Å²) < 4.78 is 49.5. The Kier molecular flexibility index (Phi) is 7.30. The molecule has 0 aliphatic carbocycles. The Bertz CT molecular complexity index is 1290. The van der Waals surface area contributed by atoms with Crippen molar-refractivity contribution in [3.8, 4) is 18.2 Å². The van der Waals surface area contributed by atoms with Crippen LogP contribution < -0.4 is 4.90 Å². The Morgan fingerprint density at radius 2 is 1.66 bits per heavy atom. The summed E-state index contributed by atoms with van der Waals surface area (Å²) in [6, 6.07) is 18.3. The highest BCUT2D eigenvalue weighted by atomic mass is 19.4. The minimum absolute atomic E-state index is 0.0362. The summed E-state index contributed by atoms with van der Waals surface area (Å²) in [5.41, 5.74) is -3.86. The molecule has 1 aliphatic heterocycles. The second kappa shape index (κ2) is 10.2. The van der Waals surface area contributed by atoms with Gasteiger partial charge in [-0.1, -0.05) is 54.6 Å². The van der Waals surface area contributed by atoms with E-state index in [2.05, 4.69) is 0 Å². The van der Waals surface area contributed by atoms with Crippen molar-refractivity contribution in [2.24, 2.45) is 0 Å². The second-order valence-electron chi connectivity index (χ2n) is 7.55. The number of ether oxygens (including phenoxy) is 1. The molecule has 0 aromatic heterocycles. The van der Waals surface area contributed by atoms with Gasteiger partial charge in [-0.15, -0.1) is 0 Å². The van der Waals surface area contributed by atoms with Crippen LogP contribution in [0.4, 0.5) is 18.9 Å². The lowest BCUT2D eigenvalue weighted by Crippen LogP contribution is -2.43. The summed E-state index contributed by atoms with van der Waals surface area (Å²) in [5, 5.41) is 37.4. The highest BCUT2D eigenvalue weighted by molar-refractivity contribution is 5.67. The van der Waals surface area contributed by atoms with E-state index in [9.17, 15) is 29.0 Å². The zero-order valence-electron chi connectivity index (χ0n) is 18.5. The van der Waals surface area contributed by atoms with Crippen molar-refractivity contribution in [3.05, 3.63) is 94.3 Å². The van der Waals surface area contributed by atoms with Gasteiger partial charge in [-0.05, 0) is 17.7 Å². The van der Waals surface area contributed by atoms with E-state index in [-0.39, 0.29) is 12.2 Å². The number of allylic oxidation sites excluding steroid dienone is 2. The van der Waals surface area contributed by atoms with E-state index >= 15 is 0 Å². The topological polar surface area (TPSA) is 104 Å². The summed E-state index contributed by atoms with van der Waals surface area (Å²) in [5.74, 6) is -0.709. The number of benzene rings is 2. The van der Waals surface area contributed by atoms with E-state index in [0.29, 0.717) is 12.1 Å². The number of aliphatic hydroxyl groups is 1. The molecule has 1 N–H and O–H groups in total. The lowest BCUT2D eigenvalue weighted by Gasteiger charge is -2.33. The molecule has 2 aromatic rings. The molecule has 0 bridgehead atoms. The van der Waals surface area contributed by atoms with Gasteiger partial charge < -0.3 is 14.7 Å². The van der Waals surface area contributed by atoms with Gasteiger partial charge in [0.1, 0.15) is 23.8 Å². The lowest BCUT2D eigenvalue weighted by atomic mass is 9.83. The average molecular weight is 476 g/mol. The fourth-order valence-electron chi connectivity index (χ4n) is 3.73. The van der Waals surface area contributed by atoms with E-state index in [0.717, 1.165) is 11.8 Å². The normalized spacial score (nSPS) is 17.5. The van der Waals surface area contributed by atoms with Crippen molar-refractivity contribution in [1.82, 2.24) is 0 Å². The number of likely N-dealkylation sites (N-methyl/N-ethyl adjacent to an activating group) is 1. The van der Waals surface area contributed by atoms with Gasteiger partial charge in [0, 0.05) is 30.4 Å². The van der Waals surface area contributed by atoms with Crippen LogP contribution in [0, 0.1) is 34.0 Å². The Hall–Kier alpha value is -4.52. The van der Waals surface area contributed by atoms with E-state index < -0.39 is 34.3 Å². The molecule has 9 heteroatoms. The summed E-state index contributed by atoms with van der Waals surface area (Å²) >= 11 is 0. The summed E-state index contributed by atoms with van der Waals surface area (Å²) in [4.78, 5) is 1.81. The maximum Gasteiger partial charge on any atom is 0.437 e. The van der Waals surface area contributed by atoms with Gasteiger partial charge in [-0.25, -0.2) is 0 Å². The maximum atomic E-state index is 14.7. The highest BCUT2D eigenvalue weighted by Gasteiger charge is 2.65. The molecule has 1 atom stereocenters. The van der Waals surface area contributed by atoms with Crippen LogP contribution in [-0.4, -0.2) is 31.5 Å². The first-order valence-corrected chi connectivity index (χ1v) is 10.3. The monoisotopic (exact) mass is 476 g/mol. The number of rotatable bonds is 6. The third kappa shape index (κ3) is 4.61. The standard InChI is InChI=1S/C26H19F3N4O2/c1-33(13-14-34)21-10-7-18(8-11-21)9-12-23-22(17-32)24(19(15-30)16-31)35-25(23,26(27,28)29)20-5-3-2-4-6-20/h2-12,34H,13-14H2,1H3/b12-9+. The van der Waals surface area contributed by atoms with Crippen LogP contribution in [0.15, 0.2) is 83.2 Å². The molecule has 1 unspecified atom stereocenters. The molecule has 3 rings (SSSR count). The Balaban J connectivity index is 2.22. The van der Waals surface area contributed by atoms with Crippen LogP contribution in [0.25, 0.3) is 6.08 Å². The molecule has 0 spiro atoms. The minimum Gasteiger partial charge on any atom is -0.465 e. The molecule has 0 saturated heterocycles. The van der Waals surface area contributed by atoms with Crippen molar-refractivity contribution < 1.29 is 23.0 Å². The predicted octanol–water partition coefficient (Wildman–Crippen LogP) is 4.74. The van der Waals surface area contributed by atoms with E-state index in [4.69, 9.17) is 9.84 Å². The number of aliphatic hydroxyl groups excluding tert-OH is 1. The molecule has 1 heterocycles. The minimum atomic E-state index is -5.04. The molecule has 0 radical (unpaired) electrons. The van der Waals surface area contributed by atoms with Gasteiger partial charge in [0.2, 0.25) is 0 Å². The van der Waals surface area contributed by atoms with E-state index in [1.54, 1.807) is 42.3 Å². The van der Waals surface area contributed by atoms with Crippen LogP contribution >= 0.6 is 0 Å². The van der Waals surface area contributed by atoms with Crippen molar-refractivity contribution in [1.29, 1.82) is 15.8 Å². The molecule has 35 heavy (non-hydrogen) atoms. The summed E-state index contributed by atoms with van der Waals surface area (Å²) in [6.07, 6.45) is -2.51. The Morgan fingerprint density at radius 3 is 2.17 bits per heavy atom. The highest BCUT2D eigenvalue weighted by Crippen LogP contribution is 2.55. The summed E-state index contributed by atoms with van der Waals surface area (Å²) in [6.45, 7) is 0.372. The molecular weight excluding hydrogens is 457 g/mol. The van der Waals surface area contributed by atoms with E-state index in [1.165, 1.54) is 48.5 Å². The zero-order valence-corrected chi connectivity index (χ0v) is 18.5. The third-order valence-electron chi connectivity index (χ3n) is 5.48. The van der Waals surface area contributed by atoms with Crippen LogP contribution in [-0.2, 0) is 10.3 Å². The average Bonchev–Trinajstić information content (AvgIpc) is 3.20. The Morgan fingerprint density at radius 1 is 1.03 bits per heavy atom. The largest absolute Gasteiger partial charge is 0.465 e. The van der Waals surface area contributed by atoms with Gasteiger partial charge in [-0.2, -0.15) is 29.0 Å². The predicted molar refractivity (Wildman–Crippen MR) is 122 cm³/mol. The second-order valence-corrected chi connectivity index (χ2v) is 7.55. The first-order chi connectivity index (χ1) is 16.7.